The third-order valence-electron chi connectivity index (χ3n) is 5.70. The minimum Gasteiger partial charge on any atom is -0.495 e. The number of hydrogen-bond acceptors (Lipinski definition) is 5. The van der Waals surface area contributed by atoms with Crippen LogP contribution in [-0.4, -0.2) is 42.2 Å². The molecule has 2 N–H and O–H groups in total. The van der Waals surface area contributed by atoms with Crippen LogP contribution < -0.4 is 15.4 Å². The summed E-state index contributed by atoms with van der Waals surface area (Å²) < 4.78 is 5.24. The maximum atomic E-state index is 12.5. The normalized spacial score (nSPS) is 12.3. The van der Waals surface area contributed by atoms with E-state index in [1.54, 1.807) is 60.7 Å². The Bertz CT molecular complexity index is 1300. The lowest BCUT2D eigenvalue weighted by molar-refractivity contribution is -0.116. The lowest BCUT2D eigenvalue weighted by atomic mass is 10.1. The Morgan fingerprint density at radius 3 is 2.34 bits per heavy atom. The first-order valence-electron chi connectivity index (χ1n) is 11.2. The van der Waals surface area contributed by atoms with E-state index in [0.717, 1.165) is 5.56 Å². The molecule has 0 aliphatic carbocycles. The Morgan fingerprint density at radius 2 is 1.60 bits per heavy atom. The van der Waals surface area contributed by atoms with Crippen LogP contribution in [0.1, 0.15) is 49.5 Å². The number of imide groups is 1. The number of rotatable bonds is 8. The Morgan fingerprint density at radius 1 is 0.886 bits per heavy atom. The van der Waals surface area contributed by atoms with Crippen LogP contribution in [0.15, 0.2) is 66.7 Å². The first kappa shape index (κ1) is 23.7. The van der Waals surface area contributed by atoms with Crippen LogP contribution >= 0.6 is 0 Å². The van der Waals surface area contributed by atoms with E-state index >= 15 is 0 Å². The molecule has 4 rings (SSSR count). The molecule has 0 unspecified atom stereocenters. The highest BCUT2D eigenvalue weighted by molar-refractivity contribution is 6.21. The van der Waals surface area contributed by atoms with Gasteiger partial charge in [0.2, 0.25) is 5.91 Å². The molecule has 1 aliphatic heterocycles. The average Bonchev–Trinajstić information content (AvgIpc) is 3.09. The van der Waals surface area contributed by atoms with Gasteiger partial charge in [-0.1, -0.05) is 23.8 Å². The summed E-state index contributed by atoms with van der Waals surface area (Å²) in [5.74, 6) is -0.642. The fraction of sp³-hybridized carbons (Fsp3) is 0.185. The molecule has 0 aromatic heterocycles. The predicted octanol–water partition coefficient (Wildman–Crippen LogP) is 4.27. The number of para-hydroxylation sites is 2. The van der Waals surface area contributed by atoms with E-state index in [0.29, 0.717) is 40.2 Å². The number of anilines is 2. The molecule has 0 spiro atoms. The second-order valence-corrected chi connectivity index (χ2v) is 8.19. The highest BCUT2D eigenvalue weighted by Crippen LogP contribution is 2.25. The molecular formula is C27H25N3O5. The maximum Gasteiger partial charge on any atom is 0.261 e. The number of carbonyl (C=O) groups excluding carboxylic acids is 4. The van der Waals surface area contributed by atoms with Crippen molar-refractivity contribution in [1.29, 1.82) is 0 Å². The average molecular weight is 472 g/mol. The summed E-state index contributed by atoms with van der Waals surface area (Å²) in [6.45, 7) is 2.03. The molecule has 8 nitrogen and oxygen atoms in total. The second-order valence-electron chi connectivity index (χ2n) is 8.19. The fourth-order valence-corrected chi connectivity index (χ4v) is 3.88. The van der Waals surface area contributed by atoms with Crippen molar-refractivity contribution in [2.24, 2.45) is 0 Å². The minimum absolute atomic E-state index is 0.141. The molecule has 0 radical (unpaired) electrons. The first-order valence-corrected chi connectivity index (χ1v) is 11.2. The van der Waals surface area contributed by atoms with Gasteiger partial charge in [-0.05, 0) is 61.9 Å². The standard InChI is InChI=1S/C27H25N3O5/c1-17-9-14-20-21(16-17)27(34)30(26(20)33)15-5-8-24(31)28-19-12-10-18(11-13-19)25(32)29-22-6-3-4-7-23(22)35-2/h3-4,6-7,9-14,16H,5,8,15H2,1-2H3,(H,28,31)(H,29,32). The minimum atomic E-state index is -0.326. The molecule has 0 saturated carbocycles. The van der Waals surface area contributed by atoms with Gasteiger partial charge in [-0.15, -0.1) is 0 Å². The topological polar surface area (TPSA) is 105 Å². The van der Waals surface area contributed by atoms with Crippen LogP contribution in [0, 0.1) is 6.92 Å². The number of nitrogens with zero attached hydrogens (tertiary/aromatic N) is 1. The van der Waals surface area contributed by atoms with Gasteiger partial charge in [0, 0.05) is 24.2 Å². The monoisotopic (exact) mass is 471 g/mol. The third-order valence-corrected chi connectivity index (χ3v) is 5.70. The summed E-state index contributed by atoms with van der Waals surface area (Å²) in [5.41, 5.74) is 3.25. The van der Waals surface area contributed by atoms with Crippen molar-refractivity contribution in [3.63, 3.8) is 0 Å². The molecule has 0 bridgehead atoms. The number of carbonyl (C=O) groups is 4. The zero-order valence-electron chi connectivity index (χ0n) is 19.5. The quantitative estimate of drug-likeness (QED) is 0.478. The summed E-state index contributed by atoms with van der Waals surface area (Å²) in [6.07, 6.45) is 0.484. The Kier molecular flexibility index (Phi) is 6.91. The van der Waals surface area contributed by atoms with Crippen molar-refractivity contribution < 1.29 is 23.9 Å². The van der Waals surface area contributed by atoms with E-state index in [2.05, 4.69) is 10.6 Å². The number of aryl methyl sites for hydroxylation is 1. The van der Waals surface area contributed by atoms with Gasteiger partial charge in [0.25, 0.3) is 17.7 Å². The van der Waals surface area contributed by atoms with E-state index < -0.39 is 0 Å². The number of amides is 4. The van der Waals surface area contributed by atoms with Gasteiger partial charge < -0.3 is 15.4 Å². The molecule has 0 fully saturated rings. The molecule has 1 heterocycles. The lowest BCUT2D eigenvalue weighted by Crippen LogP contribution is -2.31. The van der Waals surface area contributed by atoms with E-state index in [-0.39, 0.29) is 36.6 Å². The van der Waals surface area contributed by atoms with Gasteiger partial charge >= 0.3 is 0 Å². The van der Waals surface area contributed by atoms with Gasteiger partial charge in [-0.25, -0.2) is 0 Å². The smallest absolute Gasteiger partial charge is 0.261 e. The molecule has 0 atom stereocenters. The van der Waals surface area contributed by atoms with E-state index in [9.17, 15) is 19.2 Å². The van der Waals surface area contributed by atoms with Crippen LogP contribution in [0.25, 0.3) is 0 Å². The highest BCUT2D eigenvalue weighted by atomic mass is 16.5. The number of fused-ring (bicyclic) bond motifs is 1. The first-order chi connectivity index (χ1) is 16.9. The molecule has 8 heteroatoms. The Hall–Kier alpha value is -4.46. The molecule has 0 saturated heterocycles. The molecule has 3 aromatic rings. The number of ether oxygens (including phenoxy) is 1. The summed E-state index contributed by atoms with van der Waals surface area (Å²) in [4.78, 5) is 51.1. The van der Waals surface area contributed by atoms with E-state index in [4.69, 9.17) is 4.74 Å². The van der Waals surface area contributed by atoms with Crippen LogP contribution in [0.2, 0.25) is 0 Å². The SMILES string of the molecule is COc1ccccc1NC(=O)c1ccc(NC(=O)CCCN2C(=O)c3ccc(C)cc3C2=O)cc1. The molecule has 1 aliphatic rings. The largest absolute Gasteiger partial charge is 0.495 e. The van der Waals surface area contributed by atoms with Crippen molar-refractivity contribution in [3.8, 4) is 5.75 Å². The predicted molar refractivity (Wildman–Crippen MR) is 132 cm³/mol. The maximum absolute atomic E-state index is 12.5. The van der Waals surface area contributed by atoms with Gasteiger partial charge in [0.15, 0.2) is 0 Å². The third kappa shape index (κ3) is 5.22. The van der Waals surface area contributed by atoms with Gasteiger partial charge in [0.05, 0.1) is 23.9 Å². The van der Waals surface area contributed by atoms with Crippen molar-refractivity contribution in [1.82, 2.24) is 4.90 Å². The van der Waals surface area contributed by atoms with Crippen LogP contribution in [-0.2, 0) is 4.79 Å². The van der Waals surface area contributed by atoms with Crippen molar-refractivity contribution in [2.45, 2.75) is 19.8 Å². The Balaban J connectivity index is 1.27. The van der Waals surface area contributed by atoms with Crippen LogP contribution in [0.3, 0.4) is 0 Å². The molecule has 3 aromatic carbocycles. The van der Waals surface area contributed by atoms with Crippen LogP contribution in [0.5, 0.6) is 5.75 Å². The molecule has 35 heavy (non-hydrogen) atoms. The highest BCUT2D eigenvalue weighted by Gasteiger charge is 2.34. The van der Waals surface area contributed by atoms with Crippen molar-refractivity contribution >= 4 is 35.0 Å². The number of methoxy groups -OCH3 is 1. The molecular weight excluding hydrogens is 446 g/mol. The summed E-state index contributed by atoms with van der Waals surface area (Å²) in [5, 5.41) is 5.57. The van der Waals surface area contributed by atoms with E-state index in [1.165, 1.54) is 12.0 Å². The second kappa shape index (κ2) is 10.2. The molecule has 4 amide bonds. The summed E-state index contributed by atoms with van der Waals surface area (Å²) in [7, 11) is 1.53. The van der Waals surface area contributed by atoms with E-state index in [1.807, 2.05) is 13.0 Å². The number of benzene rings is 3. The number of hydrogen-bond donors (Lipinski definition) is 2. The van der Waals surface area contributed by atoms with Crippen molar-refractivity contribution in [2.75, 3.05) is 24.3 Å². The summed E-state index contributed by atoms with van der Waals surface area (Å²) >= 11 is 0. The molecule has 178 valence electrons. The van der Waals surface area contributed by atoms with Crippen molar-refractivity contribution in [3.05, 3.63) is 89.0 Å². The zero-order valence-corrected chi connectivity index (χ0v) is 19.5. The lowest BCUT2D eigenvalue weighted by Gasteiger charge is -2.13. The van der Waals surface area contributed by atoms with Gasteiger partial charge in [-0.2, -0.15) is 0 Å². The summed E-state index contributed by atoms with van der Waals surface area (Å²) in [6, 6.07) is 18.8. The van der Waals surface area contributed by atoms with Crippen LogP contribution in [0.4, 0.5) is 11.4 Å². The fourth-order valence-electron chi connectivity index (χ4n) is 3.88. The van der Waals surface area contributed by atoms with Gasteiger partial charge in [0.1, 0.15) is 5.75 Å². The Labute approximate surface area is 202 Å². The number of nitrogens with one attached hydrogen (secondary N) is 2. The zero-order chi connectivity index (χ0) is 24.9. The van der Waals surface area contributed by atoms with Gasteiger partial charge in [-0.3, -0.25) is 24.1 Å².